The van der Waals surface area contributed by atoms with Crippen LogP contribution in [0, 0.1) is 6.92 Å². The summed E-state index contributed by atoms with van der Waals surface area (Å²) in [6.07, 6.45) is 0. The number of ketones is 1. The fraction of sp³-hybridized carbons (Fsp3) is 0.235. The van der Waals surface area contributed by atoms with Gasteiger partial charge in [0.25, 0.3) is 0 Å². The molecular formula is C17H17ClN2O4S. The first-order chi connectivity index (χ1) is 11.8. The Hall–Kier alpha value is -2.38. The summed E-state index contributed by atoms with van der Waals surface area (Å²) in [6, 6.07) is 6.10. The van der Waals surface area contributed by atoms with Crippen molar-refractivity contribution in [3.05, 3.63) is 45.3 Å². The summed E-state index contributed by atoms with van der Waals surface area (Å²) in [5.41, 5.74) is 1.19. The minimum Gasteiger partial charge on any atom is -0.462 e. The van der Waals surface area contributed by atoms with E-state index >= 15 is 0 Å². The number of hydrogen-bond acceptors (Lipinski definition) is 5. The number of anilines is 2. The number of nitrogens with one attached hydrogen (secondary N) is 2. The van der Waals surface area contributed by atoms with Gasteiger partial charge in [-0.1, -0.05) is 17.7 Å². The molecule has 0 radical (unpaired) electrons. The van der Waals surface area contributed by atoms with Crippen LogP contribution in [0.4, 0.5) is 15.5 Å². The van der Waals surface area contributed by atoms with Crippen LogP contribution in [0.15, 0.2) is 24.3 Å². The van der Waals surface area contributed by atoms with E-state index in [2.05, 4.69) is 10.6 Å². The first-order valence-corrected chi connectivity index (χ1v) is 8.68. The Bertz CT molecular complexity index is 832. The Labute approximate surface area is 154 Å². The number of carbonyl (C=O) groups is 3. The standard InChI is InChI=1S/C17H17ClN2O4S/c1-4-24-16(22)13-9(2)14(10(3)21)25-15(13)20-17(23)19-12-7-5-6-11(18)8-12/h5-8H,4H2,1-3H3,(H2,19,20,23). The van der Waals surface area contributed by atoms with E-state index in [9.17, 15) is 14.4 Å². The number of urea groups is 1. The van der Waals surface area contributed by atoms with Gasteiger partial charge in [-0.25, -0.2) is 9.59 Å². The first-order valence-electron chi connectivity index (χ1n) is 7.48. The number of halogens is 1. The fourth-order valence-electron chi connectivity index (χ4n) is 2.22. The highest BCUT2D eigenvalue weighted by molar-refractivity contribution is 7.18. The zero-order chi connectivity index (χ0) is 18.6. The van der Waals surface area contributed by atoms with Crippen LogP contribution in [0.3, 0.4) is 0 Å². The molecule has 1 aromatic carbocycles. The van der Waals surface area contributed by atoms with E-state index in [1.54, 1.807) is 38.1 Å². The molecule has 25 heavy (non-hydrogen) atoms. The predicted molar refractivity (Wildman–Crippen MR) is 99.1 cm³/mol. The van der Waals surface area contributed by atoms with E-state index in [0.717, 1.165) is 11.3 Å². The lowest BCUT2D eigenvalue weighted by Gasteiger charge is -2.09. The van der Waals surface area contributed by atoms with Crippen molar-refractivity contribution in [3.63, 3.8) is 0 Å². The topological polar surface area (TPSA) is 84.5 Å². The van der Waals surface area contributed by atoms with Gasteiger partial charge in [0.05, 0.1) is 17.0 Å². The van der Waals surface area contributed by atoms with Crippen LogP contribution in [-0.2, 0) is 4.74 Å². The van der Waals surface area contributed by atoms with Gasteiger partial charge in [0, 0.05) is 10.7 Å². The Morgan fingerprint density at radius 1 is 1.24 bits per heavy atom. The number of rotatable bonds is 5. The quantitative estimate of drug-likeness (QED) is 0.580. The van der Waals surface area contributed by atoms with E-state index in [-0.39, 0.29) is 23.0 Å². The number of hydrogen-bond donors (Lipinski definition) is 2. The van der Waals surface area contributed by atoms with E-state index in [0.29, 0.717) is 21.2 Å². The minimum absolute atomic E-state index is 0.184. The van der Waals surface area contributed by atoms with E-state index in [4.69, 9.17) is 16.3 Å². The van der Waals surface area contributed by atoms with Crippen molar-refractivity contribution in [2.24, 2.45) is 0 Å². The summed E-state index contributed by atoms with van der Waals surface area (Å²) in [7, 11) is 0. The average Bonchev–Trinajstić information content (AvgIpc) is 2.84. The van der Waals surface area contributed by atoms with Crippen molar-refractivity contribution in [1.29, 1.82) is 0 Å². The van der Waals surface area contributed by atoms with Crippen molar-refractivity contribution >= 4 is 51.4 Å². The van der Waals surface area contributed by atoms with Gasteiger partial charge in [-0.2, -0.15) is 0 Å². The molecule has 1 heterocycles. The Balaban J connectivity index is 2.28. The van der Waals surface area contributed by atoms with Gasteiger partial charge in [0.15, 0.2) is 5.78 Å². The molecule has 0 saturated heterocycles. The number of thiophene rings is 1. The monoisotopic (exact) mass is 380 g/mol. The molecule has 0 aliphatic heterocycles. The van der Waals surface area contributed by atoms with Crippen molar-refractivity contribution in [1.82, 2.24) is 0 Å². The number of Topliss-reactive ketones (excluding diaryl/α,β-unsaturated/α-hetero) is 1. The Morgan fingerprint density at radius 2 is 1.96 bits per heavy atom. The summed E-state index contributed by atoms with van der Waals surface area (Å²) < 4.78 is 5.03. The number of amides is 2. The van der Waals surface area contributed by atoms with Crippen molar-refractivity contribution < 1.29 is 19.1 Å². The highest BCUT2D eigenvalue weighted by Gasteiger charge is 2.25. The highest BCUT2D eigenvalue weighted by Crippen LogP contribution is 2.34. The SMILES string of the molecule is CCOC(=O)c1c(NC(=O)Nc2cccc(Cl)c2)sc(C(C)=O)c1C. The van der Waals surface area contributed by atoms with Crippen LogP contribution in [0.5, 0.6) is 0 Å². The maximum atomic E-state index is 12.2. The molecule has 2 amide bonds. The molecule has 0 saturated carbocycles. The lowest BCUT2D eigenvalue weighted by Crippen LogP contribution is -2.20. The average molecular weight is 381 g/mol. The number of carbonyl (C=O) groups excluding carboxylic acids is 3. The second-order valence-corrected chi connectivity index (χ2v) is 6.58. The third-order valence-electron chi connectivity index (χ3n) is 3.26. The molecule has 132 valence electrons. The van der Waals surface area contributed by atoms with Crippen LogP contribution in [0.25, 0.3) is 0 Å². The molecule has 2 N–H and O–H groups in total. The summed E-state index contributed by atoms with van der Waals surface area (Å²) in [6.45, 7) is 4.94. The fourth-order valence-corrected chi connectivity index (χ4v) is 3.49. The molecule has 0 bridgehead atoms. The second-order valence-electron chi connectivity index (χ2n) is 5.13. The maximum absolute atomic E-state index is 12.2. The molecule has 0 aliphatic rings. The molecule has 0 unspecified atom stereocenters. The molecule has 0 fully saturated rings. The molecular weight excluding hydrogens is 364 g/mol. The predicted octanol–water partition coefficient (Wildman–Crippen LogP) is 4.73. The summed E-state index contributed by atoms with van der Waals surface area (Å²) in [4.78, 5) is 36.6. The summed E-state index contributed by atoms with van der Waals surface area (Å²) >= 11 is 6.92. The van der Waals surface area contributed by atoms with Gasteiger partial charge in [-0.3, -0.25) is 10.1 Å². The first kappa shape index (κ1) is 19.0. The van der Waals surface area contributed by atoms with Crippen molar-refractivity contribution in [3.8, 4) is 0 Å². The molecule has 2 aromatic rings. The third kappa shape index (κ3) is 4.58. The van der Waals surface area contributed by atoms with Gasteiger partial charge in [0.1, 0.15) is 5.00 Å². The largest absolute Gasteiger partial charge is 0.462 e. The summed E-state index contributed by atoms with van der Waals surface area (Å²) in [5, 5.41) is 5.98. The van der Waals surface area contributed by atoms with Crippen molar-refractivity contribution in [2.45, 2.75) is 20.8 Å². The van der Waals surface area contributed by atoms with Crippen LogP contribution in [0.2, 0.25) is 5.02 Å². The van der Waals surface area contributed by atoms with Crippen LogP contribution in [-0.4, -0.2) is 24.4 Å². The van der Waals surface area contributed by atoms with Gasteiger partial charge in [-0.05, 0) is 44.5 Å². The van der Waals surface area contributed by atoms with Crippen LogP contribution < -0.4 is 10.6 Å². The van der Waals surface area contributed by atoms with E-state index in [1.165, 1.54) is 6.92 Å². The van der Waals surface area contributed by atoms with E-state index in [1.807, 2.05) is 0 Å². The molecule has 2 rings (SSSR count). The number of benzene rings is 1. The molecule has 8 heteroatoms. The number of esters is 1. The lowest BCUT2D eigenvalue weighted by atomic mass is 10.1. The molecule has 0 atom stereocenters. The molecule has 1 aromatic heterocycles. The van der Waals surface area contributed by atoms with Gasteiger partial charge >= 0.3 is 12.0 Å². The van der Waals surface area contributed by atoms with Crippen LogP contribution in [0.1, 0.15) is 39.4 Å². The Kier molecular flexibility index (Phi) is 6.17. The minimum atomic E-state index is -0.582. The normalized spacial score (nSPS) is 10.2. The lowest BCUT2D eigenvalue weighted by molar-refractivity contribution is 0.0527. The zero-order valence-corrected chi connectivity index (χ0v) is 15.5. The maximum Gasteiger partial charge on any atom is 0.341 e. The molecule has 0 aliphatic carbocycles. The third-order valence-corrected chi connectivity index (χ3v) is 4.80. The van der Waals surface area contributed by atoms with Crippen molar-refractivity contribution in [2.75, 3.05) is 17.2 Å². The zero-order valence-electron chi connectivity index (χ0n) is 13.9. The second kappa shape index (κ2) is 8.13. The molecule has 0 spiro atoms. The molecule has 6 nitrogen and oxygen atoms in total. The van der Waals surface area contributed by atoms with Gasteiger partial charge in [0.2, 0.25) is 0 Å². The highest BCUT2D eigenvalue weighted by atomic mass is 35.5. The van der Waals surface area contributed by atoms with Gasteiger partial charge < -0.3 is 10.1 Å². The van der Waals surface area contributed by atoms with E-state index < -0.39 is 12.0 Å². The smallest absolute Gasteiger partial charge is 0.341 e. The Morgan fingerprint density at radius 3 is 2.56 bits per heavy atom. The van der Waals surface area contributed by atoms with Crippen LogP contribution >= 0.6 is 22.9 Å². The number of ether oxygens (including phenoxy) is 1. The van der Waals surface area contributed by atoms with Gasteiger partial charge in [-0.15, -0.1) is 11.3 Å². The summed E-state index contributed by atoms with van der Waals surface area (Å²) in [5.74, 6) is -0.766.